The Hall–Kier alpha value is -5.21. The third kappa shape index (κ3) is 12.9. The van der Waals surface area contributed by atoms with Gasteiger partial charge in [0.1, 0.15) is 24.9 Å². The van der Waals surface area contributed by atoms with E-state index in [2.05, 4.69) is 0 Å². The lowest BCUT2D eigenvalue weighted by molar-refractivity contribution is -0.285. The molecule has 0 radical (unpaired) electrons. The van der Waals surface area contributed by atoms with Crippen molar-refractivity contribution < 1.29 is 87.1 Å². The molecule has 4 rings (SSSR count). The second kappa shape index (κ2) is 25.0. The van der Waals surface area contributed by atoms with Crippen LogP contribution in [0.3, 0.4) is 0 Å². The SMILES string of the molecule is CO[C@@](C(=O)OC[C@H]1[C@H](OC(=O)[C@](OC)(c2ccccc2)C(F)(F)F)[C@H](CCCCCCCCCC[C@@H](CC(C)C)OC(=O)[C@](OC)(c2ccccc2)C(F)(F)F)N1C(C)=O)(c1ccccc1)C(F)(F)F. The lowest BCUT2D eigenvalue weighted by Crippen LogP contribution is -2.72. The molecule has 1 saturated heterocycles. The fourth-order valence-corrected chi connectivity index (χ4v) is 9.22. The van der Waals surface area contributed by atoms with Gasteiger partial charge >= 0.3 is 36.4 Å². The Morgan fingerprint density at radius 2 is 0.915 bits per heavy atom. The summed E-state index contributed by atoms with van der Waals surface area (Å²) in [6, 6.07) is 15.8. The number of nitrogens with zero attached hydrogens (tertiary/aromatic N) is 1. The zero-order valence-corrected chi connectivity index (χ0v) is 40.5. The van der Waals surface area contributed by atoms with E-state index in [9.17, 15) is 58.7 Å². The molecule has 0 saturated carbocycles. The molecule has 0 aliphatic carbocycles. The molecule has 3 aromatic carbocycles. The van der Waals surface area contributed by atoms with E-state index in [1.54, 1.807) is 0 Å². The van der Waals surface area contributed by atoms with Gasteiger partial charge in [-0.25, -0.2) is 14.4 Å². The number of likely N-dealkylation sites (tertiary alicyclic amines) is 1. The molecule has 0 N–H and O–H groups in total. The van der Waals surface area contributed by atoms with Gasteiger partial charge in [-0.05, 0) is 31.6 Å². The number of carbonyl (C=O) groups excluding carboxylic acids is 4. The molecule has 0 aromatic heterocycles. The van der Waals surface area contributed by atoms with Gasteiger partial charge < -0.3 is 33.3 Å². The summed E-state index contributed by atoms with van der Waals surface area (Å²) in [6.07, 6.45) is -12.5. The van der Waals surface area contributed by atoms with Gasteiger partial charge in [-0.2, -0.15) is 39.5 Å². The van der Waals surface area contributed by atoms with Crippen molar-refractivity contribution in [2.75, 3.05) is 27.9 Å². The maximum Gasteiger partial charge on any atom is 0.432 e. The minimum Gasteiger partial charge on any atom is -0.461 e. The average Bonchev–Trinajstić information content (AvgIpc) is 3.29. The van der Waals surface area contributed by atoms with Gasteiger partial charge in [-0.3, -0.25) is 4.79 Å². The molecule has 1 aliphatic rings. The van der Waals surface area contributed by atoms with E-state index in [4.69, 9.17) is 28.4 Å². The highest BCUT2D eigenvalue weighted by molar-refractivity contribution is 5.85. The van der Waals surface area contributed by atoms with Crippen LogP contribution in [0.15, 0.2) is 91.0 Å². The standard InChI is InChI=1S/C51H62F9NO10/c1-34(2)32-39(70-44(64)47(67-5,50(55,56)57)37-26-18-14-19-27-37)30-22-11-9-7-8-10-12-23-31-40-42(71-45(65)48(68-6,51(58,59)60)38-28-20-15-21-29-38)41(61(40)35(3)62)33-69-43(63)46(66-4,49(52,53)54)36-24-16-13-17-25-36/h13-21,24-29,34,39-42H,7-12,22-23,30-33H2,1-6H3/t39-,40-,41-,42+,46+,47+,48+/m0/s1. The molecule has 1 heterocycles. The molecule has 11 nitrogen and oxygen atoms in total. The number of unbranched alkanes of at least 4 members (excludes halogenated alkanes) is 7. The number of ether oxygens (including phenoxy) is 6. The van der Waals surface area contributed by atoms with Gasteiger partial charge in [-0.15, -0.1) is 0 Å². The summed E-state index contributed by atoms with van der Waals surface area (Å²) < 4.78 is 163. The number of hydrogen-bond acceptors (Lipinski definition) is 10. The van der Waals surface area contributed by atoms with Crippen molar-refractivity contribution in [2.45, 2.75) is 151 Å². The highest BCUT2D eigenvalue weighted by Crippen LogP contribution is 2.47. The lowest BCUT2D eigenvalue weighted by atomic mass is 9.84. The number of esters is 3. The maximum absolute atomic E-state index is 14.9. The third-order valence-electron chi connectivity index (χ3n) is 12.8. The van der Waals surface area contributed by atoms with Crippen molar-refractivity contribution in [3.05, 3.63) is 108 Å². The van der Waals surface area contributed by atoms with Gasteiger partial charge in [0.2, 0.25) is 5.91 Å². The second-order valence-electron chi connectivity index (χ2n) is 17.8. The Labute approximate surface area is 407 Å². The molecule has 3 aromatic rings. The topological polar surface area (TPSA) is 127 Å². The normalized spacial score (nSPS) is 19.4. The lowest BCUT2D eigenvalue weighted by Gasteiger charge is -2.54. The molecule has 0 bridgehead atoms. The zero-order chi connectivity index (χ0) is 52.8. The molecule has 1 aliphatic heterocycles. The summed E-state index contributed by atoms with van der Waals surface area (Å²) in [4.78, 5) is 54.8. The first kappa shape index (κ1) is 58.4. The molecule has 0 unspecified atom stereocenters. The van der Waals surface area contributed by atoms with Gasteiger partial charge in [0.25, 0.3) is 16.8 Å². The van der Waals surface area contributed by atoms with Crippen LogP contribution in [0.25, 0.3) is 0 Å². The number of carbonyl (C=O) groups is 4. The van der Waals surface area contributed by atoms with Crippen LogP contribution >= 0.6 is 0 Å². The Morgan fingerprint density at radius 3 is 1.30 bits per heavy atom. The third-order valence-corrected chi connectivity index (χ3v) is 12.8. The Kier molecular flexibility index (Phi) is 20.5. The fraction of sp³-hybridized carbons (Fsp3) is 0.569. The molecule has 71 heavy (non-hydrogen) atoms. The van der Waals surface area contributed by atoms with Crippen molar-refractivity contribution in [1.29, 1.82) is 0 Å². The smallest absolute Gasteiger partial charge is 0.432 e. The fourth-order valence-electron chi connectivity index (χ4n) is 9.22. The van der Waals surface area contributed by atoms with Crippen LogP contribution < -0.4 is 0 Å². The molecular formula is C51H62F9NO10. The van der Waals surface area contributed by atoms with Crippen LogP contribution in [0.2, 0.25) is 0 Å². The van der Waals surface area contributed by atoms with E-state index in [0.717, 1.165) is 74.6 Å². The van der Waals surface area contributed by atoms with Crippen molar-refractivity contribution in [2.24, 2.45) is 5.92 Å². The van der Waals surface area contributed by atoms with Crippen LogP contribution in [-0.2, 0) is 64.4 Å². The predicted octanol–water partition coefficient (Wildman–Crippen LogP) is 11.2. The molecule has 0 spiro atoms. The maximum atomic E-state index is 14.9. The molecule has 20 heteroatoms. The van der Waals surface area contributed by atoms with Crippen LogP contribution in [0.1, 0.15) is 108 Å². The Morgan fingerprint density at radius 1 is 0.535 bits per heavy atom. The minimum atomic E-state index is -5.39. The van der Waals surface area contributed by atoms with Crippen LogP contribution in [0.5, 0.6) is 0 Å². The van der Waals surface area contributed by atoms with Gasteiger partial charge in [0, 0.05) is 44.9 Å². The number of methoxy groups -OCH3 is 3. The Bertz CT molecular complexity index is 2160. The summed E-state index contributed by atoms with van der Waals surface area (Å²) in [5.74, 6) is -6.07. The van der Waals surface area contributed by atoms with Crippen molar-refractivity contribution in [1.82, 2.24) is 4.90 Å². The number of benzene rings is 3. The first-order valence-electron chi connectivity index (χ1n) is 23.3. The van der Waals surface area contributed by atoms with Gasteiger partial charge in [0.15, 0.2) is 0 Å². The number of rotatable bonds is 26. The van der Waals surface area contributed by atoms with Crippen LogP contribution in [-0.4, -0.2) is 99.5 Å². The summed E-state index contributed by atoms with van der Waals surface area (Å²) in [5, 5.41) is 0. The largest absolute Gasteiger partial charge is 0.461 e. The minimum absolute atomic E-state index is 0.00745. The number of halogens is 9. The summed E-state index contributed by atoms with van der Waals surface area (Å²) in [7, 11) is 2.12. The van der Waals surface area contributed by atoms with Crippen LogP contribution in [0, 0.1) is 5.92 Å². The summed E-state index contributed by atoms with van der Waals surface area (Å²) in [5.41, 5.74) is -12.3. The van der Waals surface area contributed by atoms with E-state index >= 15 is 0 Å². The molecule has 1 amide bonds. The highest BCUT2D eigenvalue weighted by atomic mass is 19.4. The van der Waals surface area contributed by atoms with E-state index in [-0.39, 0.29) is 12.3 Å². The first-order valence-corrected chi connectivity index (χ1v) is 23.3. The van der Waals surface area contributed by atoms with Crippen LogP contribution in [0.4, 0.5) is 39.5 Å². The molecule has 394 valence electrons. The molecular weight excluding hydrogens is 958 g/mol. The zero-order valence-electron chi connectivity index (χ0n) is 40.5. The van der Waals surface area contributed by atoms with E-state index in [0.29, 0.717) is 59.2 Å². The number of amides is 1. The van der Waals surface area contributed by atoms with Crippen molar-refractivity contribution >= 4 is 23.8 Å². The monoisotopic (exact) mass is 1020 g/mol. The summed E-state index contributed by atoms with van der Waals surface area (Å²) >= 11 is 0. The number of hydrogen-bond donors (Lipinski definition) is 0. The number of alkyl halides is 9. The van der Waals surface area contributed by atoms with E-state index in [1.807, 2.05) is 13.8 Å². The quantitative estimate of drug-likeness (QED) is 0.0332. The summed E-state index contributed by atoms with van der Waals surface area (Å²) in [6.45, 7) is 3.81. The Balaban J connectivity index is 1.41. The van der Waals surface area contributed by atoms with E-state index < -0.39 is 107 Å². The average molecular weight is 1020 g/mol. The van der Waals surface area contributed by atoms with Crippen molar-refractivity contribution in [3.63, 3.8) is 0 Å². The molecule has 7 atom stereocenters. The second-order valence-corrected chi connectivity index (χ2v) is 17.8. The van der Waals surface area contributed by atoms with Gasteiger partial charge in [-0.1, -0.05) is 150 Å². The van der Waals surface area contributed by atoms with E-state index in [1.165, 1.54) is 54.6 Å². The van der Waals surface area contributed by atoms with Gasteiger partial charge in [0.05, 0.1) is 6.04 Å². The molecule has 1 fully saturated rings. The first-order chi connectivity index (χ1) is 33.4. The highest BCUT2D eigenvalue weighted by Gasteiger charge is 2.68. The van der Waals surface area contributed by atoms with Crippen molar-refractivity contribution in [3.8, 4) is 0 Å². The predicted molar refractivity (Wildman–Crippen MR) is 240 cm³/mol.